The maximum atomic E-state index is 11.8. The van der Waals surface area contributed by atoms with E-state index in [4.69, 9.17) is 9.47 Å². The molecule has 0 spiro atoms. The molecule has 0 aliphatic rings. The van der Waals surface area contributed by atoms with Crippen molar-refractivity contribution in [2.24, 2.45) is 0 Å². The minimum atomic E-state index is -0.419. The predicted molar refractivity (Wildman–Crippen MR) is 85.9 cm³/mol. The van der Waals surface area contributed by atoms with Gasteiger partial charge in [0.05, 0.1) is 18.4 Å². The molecule has 0 aliphatic heterocycles. The third-order valence-electron chi connectivity index (χ3n) is 3.18. The van der Waals surface area contributed by atoms with Crippen molar-refractivity contribution < 1.29 is 14.3 Å². The smallest absolute Gasteiger partial charge is 0.341 e. The molecule has 0 N–H and O–H groups in total. The summed E-state index contributed by atoms with van der Waals surface area (Å²) in [6, 6.07) is 7.35. The van der Waals surface area contributed by atoms with Crippen molar-refractivity contribution in [3.8, 4) is 11.6 Å². The standard InChI is InChI=1S/C17H16N4O3/c1-2-23-17(22)14-10-20-21(11-14)16-15(6-4-8-19-16)24-12-13-5-3-7-18-9-13/h3-11H,2,12H2,1H3. The molecule has 0 unspecified atom stereocenters. The molecule has 3 aromatic rings. The molecular formula is C17H16N4O3. The van der Waals surface area contributed by atoms with Crippen LogP contribution in [0.1, 0.15) is 22.8 Å². The van der Waals surface area contributed by atoms with Crippen LogP contribution in [0.3, 0.4) is 0 Å². The monoisotopic (exact) mass is 324 g/mol. The molecule has 7 nitrogen and oxygen atoms in total. The maximum Gasteiger partial charge on any atom is 0.341 e. The lowest BCUT2D eigenvalue weighted by Gasteiger charge is -2.10. The number of carbonyl (C=O) groups excluding carboxylic acids is 1. The van der Waals surface area contributed by atoms with Gasteiger partial charge >= 0.3 is 5.97 Å². The van der Waals surface area contributed by atoms with E-state index in [1.807, 2.05) is 12.1 Å². The fourth-order valence-corrected chi connectivity index (χ4v) is 2.07. The third kappa shape index (κ3) is 3.57. The Kier molecular flexibility index (Phi) is 4.81. The van der Waals surface area contributed by atoms with E-state index in [0.29, 0.717) is 30.3 Å². The van der Waals surface area contributed by atoms with Crippen molar-refractivity contribution in [1.82, 2.24) is 19.7 Å². The lowest BCUT2D eigenvalue weighted by Crippen LogP contribution is -2.05. The van der Waals surface area contributed by atoms with Gasteiger partial charge in [-0.3, -0.25) is 4.98 Å². The first-order chi connectivity index (χ1) is 11.8. The van der Waals surface area contributed by atoms with Gasteiger partial charge in [0.1, 0.15) is 6.61 Å². The molecule has 0 aromatic carbocycles. The van der Waals surface area contributed by atoms with Crippen LogP contribution in [-0.4, -0.2) is 32.3 Å². The van der Waals surface area contributed by atoms with Crippen LogP contribution >= 0.6 is 0 Å². The van der Waals surface area contributed by atoms with E-state index in [1.165, 1.54) is 10.9 Å². The van der Waals surface area contributed by atoms with E-state index < -0.39 is 5.97 Å². The van der Waals surface area contributed by atoms with Gasteiger partial charge in [-0.2, -0.15) is 5.10 Å². The van der Waals surface area contributed by atoms with Gasteiger partial charge in [0, 0.05) is 30.4 Å². The third-order valence-corrected chi connectivity index (χ3v) is 3.18. The number of ether oxygens (including phenoxy) is 2. The van der Waals surface area contributed by atoms with Crippen LogP contribution in [0.15, 0.2) is 55.2 Å². The number of aromatic nitrogens is 4. The van der Waals surface area contributed by atoms with E-state index in [2.05, 4.69) is 15.1 Å². The number of carbonyl (C=O) groups is 1. The average molecular weight is 324 g/mol. The fourth-order valence-electron chi connectivity index (χ4n) is 2.07. The Hall–Kier alpha value is -3.22. The molecule has 0 aliphatic carbocycles. The first-order valence-corrected chi connectivity index (χ1v) is 7.47. The molecule has 7 heteroatoms. The van der Waals surface area contributed by atoms with Crippen LogP contribution in [0.5, 0.6) is 5.75 Å². The normalized spacial score (nSPS) is 10.4. The van der Waals surface area contributed by atoms with Crippen LogP contribution in [0.25, 0.3) is 5.82 Å². The highest BCUT2D eigenvalue weighted by molar-refractivity contribution is 5.88. The molecule has 3 rings (SSSR count). The highest BCUT2D eigenvalue weighted by Gasteiger charge is 2.13. The van der Waals surface area contributed by atoms with Gasteiger partial charge in [-0.25, -0.2) is 14.5 Å². The highest BCUT2D eigenvalue weighted by atomic mass is 16.5. The summed E-state index contributed by atoms with van der Waals surface area (Å²) in [5.41, 5.74) is 1.31. The molecule has 0 bridgehead atoms. The summed E-state index contributed by atoms with van der Waals surface area (Å²) in [5.74, 6) is 0.634. The zero-order valence-electron chi connectivity index (χ0n) is 13.1. The molecule has 0 radical (unpaired) electrons. The van der Waals surface area contributed by atoms with E-state index in [1.54, 1.807) is 43.8 Å². The Labute approximate surface area is 138 Å². The summed E-state index contributed by atoms with van der Waals surface area (Å²) in [6.07, 6.45) is 8.09. The van der Waals surface area contributed by atoms with Crippen LogP contribution < -0.4 is 4.74 Å². The summed E-state index contributed by atoms with van der Waals surface area (Å²) < 4.78 is 12.3. The van der Waals surface area contributed by atoms with Crippen LogP contribution in [0, 0.1) is 0 Å². The zero-order valence-corrected chi connectivity index (χ0v) is 13.1. The molecule has 3 aromatic heterocycles. The molecule has 0 saturated heterocycles. The van der Waals surface area contributed by atoms with Crippen molar-refractivity contribution in [3.63, 3.8) is 0 Å². The summed E-state index contributed by atoms with van der Waals surface area (Å²) in [7, 11) is 0. The zero-order chi connectivity index (χ0) is 16.8. The van der Waals surface area contributed by atoms with Crippen molar-refractivity contribution in [3.05, 3.63) is 66.4 Å². The number of pyridine rings is 2. The van der Waals surface area contributed by atoms with Crippen LogP contribution in [-0.2, 0) is 11.3 Å². The lowest BCUT2D eigenvalue weighted by atomic mass is 10.3. The van der Waals surface area contributed by atoms with Crippen molar-refractivity contribution in [2.75, 3.05) is 6.61 Å². The number of nitrogens with zero attached hydrogens (tertiary/aromatic N) is 4. The largest absolute Gasteiger partial charge is 0.485 e. The Bertz CT molecular complexity index is 817. The van der Waals surface area contributed by atoms with E-state index in [-0.39, 0.29) is 0 Å². The van der Waals surface area contributed by atoms with Gasteiger partial charge in [0.15, 0.2) is 11.6 Å². The minimum Gasteiger partial charge on any atom is -0.485 e. The van der Waals surface area contributed by atoms with Crippen LogP contribution in [0.4, 0.5) is 0 Å². The molecular weight excluding hydrogens is 308 g/mol. The number of hydrogen-bond acceptors (Lipinski definition) is 6. The molecule has 24 heavy (non-hydrogen) atoms. The molecule has 122 valence electrons. The molecule has 0 atom stereocenters. The number of hydrogen-bond donors (Lipinski definition) is 0. The van der Waals surface area contributed by atoms with Gasteiger partial charge in [0.2, 0.25) is 0 Å². The van der Waals surface area contributed by atoms with Crippen molar-refractivity contribution in [1.29, 1.82) is 0 Å². The fraction of sp³-hybridized carbons (Fsp3) is 0.176. The average Bonchev–Trinajstić information content (AvgIpc) is 3.11. The first-order valence-electron chi connectivity index (χ1n) is 7.47. The van der Waals surface area contributed by atoms with Gasteiger partial charge in [-0.1, -0.05) is 6.07 Å². The Balaban J connectivity index is 1.80. The second kappa shape index (κ2) is 7.36. The summed E-state index contributed by atoms with van der Waals surface area (Å²) >= 11 is 0. The summed E-state index contributed by atoms with van der Waals surface area (Å²) in [6.45, 7) is 2.43. The molecule has 3 heterocycles. The van der Waals surface area contributed by atoms with E-state index >= 15 is 0 Å². The van der Waals surface area contributed by atoms with Crippen molar-refractivity contribution >= 4 is 5.97 Å². The SMILES string of the molecule is CCOC(=O)c1cnn(-c2ncccc2OCc2cccnc2)c1. The molecule has 0 amide bonds. The minimum absolute atomic E-state index is 0.313. The lowest BCUT2D eigenvalue weighted by molar-refractivity contribution is 0.0526. The number of rotatable bonds is 6. The van der Waals surface area contributed by atoms with E-state index in [9.17, 15) is 4.79 Å². The van der Waals surface area contributed by atoms with Gasteiger partial charge < -0.3 is 9.47 Å². The van der Waals surface area contributed by atoms with Gasteiger partial charge in [0.25, 0.3) is 0 Å². The summed E-state index contributed by atoms with van der Waals surface area (Å²) in [4.78, 5) is 20.1. The van der Waals surface area contributed by atoms with E-state index in [0.717, 1.165) is 5.56 Å². The Morgan fingerprint density at radius 1 is 1.21 bits per heavy atom. The second-order valence-electron chi connectivity index (χ2n) is 4.87. The Morgan fingerprint density at radius 3 is 2.88 bits per heavy atom. The van der Waals surface area contributed by atoms with Gasteiger partial charge in [-0.05, 0) is 25.1 Å². The second-order valence-corrected chi connectivity index (χ2v) is 4.87. The summed E-state index contributed by atoms with van der Waals surface area (Å²) in [5, 5.41) is 4.17. The van der Waals surface area contributed by atoms with Crippen LogP contribution in [0.2, 0.25) is 0 Å². The van der Waals surface area contributed by atoms with Gasteiger partial charge in [-0.15, -0.1) is 0 Å². The highest BCUT2D eigenvalue weighted by Crippen LogP contribution is 2.21. The molecule has 0 saturated carbocycles. The maximum absolute atomic E-state index is 11.8. The number of esters is 1. The van der Waals surface area contributed by atoms with Crippen molar-refractivity contribution in [2.45, 2.75) is 13.5 Å². The predicted octanol–water partition coefficient (Wildman–Crippen LogP) is 2.42. The quantitative estimate of drug-likeness (QED) is 0.648. The molecule has 0 fully saturated rings. The first kappa shape index (κ1) is 15.7. The Morgan fingerprint density at radius 2 is 2.08 bits per heavy atom. The topological polar surface area (TPSA) is 79.1 Å².